The minimum atomic E-state index is -2.90. The molecule has 0 radical (unpaired) electrons. The van der Waals surface area contributed by atoms with Crippen molar-refractivity contribution >= 4 is 9.84 Å². The Morgan fingerprint density at radius 2 is 1.94 bits per heavy atom. The van der Waals surface area contributed by atoms with Crippen LogP contribution in [-0.2, 0) is 9.84 Å². The predicted octanol–water partition coefficient (Wildman–Crippen LogP) is 2.62. The molecule has 1 fully saturated rings. The molecule has 0 bridgehead atoms. The summed E-state index contributed by atoms with van der Waals surface area (Å²) in [6, 6.07) is 0. The first kappa shape index (κ1) is 16.0. The lowest BCUT2D eigenvalue weighted by atomic mass is 9.82. The summed E-state index contributed by atoms with van der Waals surface area (Å²) in [6.45, 7) is 9.95. The summed E-state index contributed by atoms with van der Waals surface area (Å²) in [5.74, 6) is 1.06. The van der Waals surface area contributed by atoms with Crippen LogP contribution < -0.4 is 5.32 Å². The van der Waals surface area contributed by atoms with E-state index in [2.05, 4.69) is 19.2 Å². The lowest BCUT2D eigenvalue weighted by Crippen LogP contribution is -2.36. The third-order valence-corrected chi connectivity index (χ3v) is 6.40. The zero-order valence-corrected chi connectivity index (χ0v) is 13.1. The highest BCUT2D eigenvalue weighted by Gasteiger charge is 2.41. The second-order valence-corrected chi connectivity index (χ2v) is 8.95. The first-order valence-electron chi connectivity index (χ1n) is 7.24. The van der Waals surface area contributed by atoms with E-state index >= 15 is 0 Å². The summed E-state index contributed by atoms with van der Waals surface area (Å²) in [5.41, 5.74) is 0.164. The molecule has 1 unspecified atom stereocenters. The lowest BCUT2D eigenvalue weighted by Gasteiger charge is -2.30. The van der Waals surface area contributed by atoms with Crippen molar-refractivity contribution in [3.8, 4) is 0 Å². The topological polar surface area (TPSA) is 46.2 Å². The van der Waals surface area contributed by atoms with Crippen LogP contribution in [0.15, 0.2) is 0 Å². The normalized spacial score (nSPS) is 20.1. The fourth-order valence-electron chi connectivity index (χ4n) is 2.38. The highest BCUT2D eigenvalue weighted by atomic mass is 32.2. The molecule has 0 aliphatic heterocycles. The molecule has 1 saturated carbocycles. The van der Waals surface area contributed by atoms with Crippen molar-refractivity contribution in [2.75, 3.05) is 18.8 Å². The van der Waals surface area contributed by atoms with Gasteiger partial charge in [-0.15, -0.1) is 0 Å². The van der Waals surface area contributed by atoms with Gasteiger partial charge in [0.1, 0.15) is 0 Å². The van der Waals surface area contributed by atoms with E-state index in [1.807, 2.05) is 0 Å². The van der Waals surface area contributed by atoms with Crippen LogP contribution in [0.25, 0.3) is 0 Å². The Morgan fingerprint density at radius 1 is 1.33 bits per heavy atom. The van der Waals surface area contributed by atoms with Gasteiger partial charge in [-0.1, -0.05) is 13.8 Å². The van der Waals surface area contributed by atoms with Crippen LogP contribution in [0, 0.1) is 11.3 Å². The zero-order chi connectivity index (χ0) is 13.8. The van der Waals surface area contributed by atoms with Crippen molar-refractivity contribution in [1.29, 1.82) is 0 Å². The average Bonchev–Trinajstić information content (AvgIpc) is 3.11. The molecule has 0 spiro atoms. The van der Waals surface area contributed by atoms with Crippen molar-refractivity contribution in [2.45, 2.75) is 58.6 Å². The number of nitrogens with one attached hydrogen (secondary N) is 1. The Balaban J connectivity index is 2.52. The molecular weight excluding hydrogens is 246 g/mol. The van der Waals surface area contributed by atoms with E-state index in [1.165, 1.54) is 12.8 Å². The van der Waals surface area contributed by atoms with Crippen molar-refractivity contribution in [3.05, 3.63) is 0 Å². The van der Waals surface area contributed by atoms with Crippen molar-refractivity contribution in [2.24, 2.45) is 11.3 Å². The molecule has 4 heteroatoms. The second kappa shape index (κ2) is 6.38. The van der Waals surface area contributed by atoms with Gasteiger partial charge in [-0.25, -0.2) is 8.42 Å². The molecule has 0 heterocycles. The van der Waals surface area contributed by atoms with Crippen LogP contribution in [0.3, 0.4) is 0 Å². The molecule has 1 rings (SSSR count). The minimum absolute atomic E-state index is 0.164. The molecule has 0 saturated heterocycles. The molecule has 18 heavy (non-hydrogen) atoms. The van der Waals surface area contributed by atoms with Crippen LogP contribution in [0.5, 0.6) is 0 Å². The number of hydrogen-bond donors (Lipinski definition) is 1. The van der Waals surface area contributed by atoms with Gasteiger partial charge in [0, 0.05) is 6.54 Å². The Bertz CT molecular complexity index is 347. The summed E-state index contributed by atoms with van der Waals surface area (Å²) in [6.07, 6.45) is 4.47. The minimum Gasteiger partial charge on any atom is -0.316 e. The van der Waals surface area contributed by atoms with Gasteiger partial charge in [-0.2, -0.15) is 0 Å². The van der Waals surface area contributed by atoms with Crippen LogP contribution in [0.1, 0.15) is 53.4 Å². The fourth-order valence-corrected chi connectivity index (χ4v) is 3.60. The fraction of sp³-hybridized carbons (Fsp3) is 1.00. The molecule has 0 amide bonds. The summed E-state index contributed by atoms with van der Waals surface area (Å²) in [5, 5.41) is 3.22. The molecule has 0 aromatic heterocycles. The number of hydrogen-bond acceptors (Lipinski definition) is 3. The molecule has 1 atom stereocenters. The molecule has 1 N–H and O–H groups in total. The summed E-state index contributed by atoms with van der Waals surface area (Å²) in [7, 11) is -2.90. The second-order valence-electron chi connectivity index (χ2n) is 6.27. The maximum absolute atomic E-state index is 11.9. The summed E-state index contributed by atoms with van der Waals surface area (Å²) < 4.78 is 23.9. The van der Waals surface area contributed by atoms with E-state index in [4.69, 9.17) is 0 Å². The number of sulfone groups is 1. The Kier molecular flexibility index (Phi) is 5.66. The molecule has 1 aliphatic carbocycles. The SMILES string of the molecule is CCCNCC(C)(CCS(=O)(=O)C(C)C)C1CC1. The van der Waals surface area contributed by atoms with Gasteiger partial charge in [-0.3, -0.25) is 0 Å². The lowest BCUT2D eigenvalue weighted by molar-refractivity contribution is 0.249. The van der Waals surface area contributed by atoms with E-state index in [9.17, 15) is 8.42 Å². The molecular formula is C14H29NO2S. The van der Waals surface area contributed by atoms with Gasteiger partial charge in [-0.05, 0) is 57.4 Å². The first-order valence-corrected chi connectivity index (χ1v) is 8.95. The van der Waals surface area contributed by atoms with E-state index in [-0.39, 0.29) is 10.7 Å². The van der Waals surface area contributed by atoms with Gasteiger partial charge in [0.25, 0.3) is 0 Å². The molecule has 3 nitrogen and oxygen atoms in total. The number of rotatable bonds is 9. The third-order valence-electron chi connectivity index (χ3n) is 4.19. The molecule has 0 aromatic carbocycles. The van der Waals surface area contributed by atoms with Crippen molar-refractivity contribution < 1.29 is 8.42 Å². The standard InChI is InChI=1S/C14H29NO2S/c1-5-9-15-11-14(4,13-6-7-13)8-10-18(16,17)12(2)3/h12-13,15H,5-11H2,1-4H3. The summed E-state index contributed by atoms with van der Waals surface area (Å²) in [4.78, 5) is 0. The Morgan fingerprint density at radius 3 is 2.39 bits per heavy atom. The monoisotopic (exact) mass is 275 g/mol. The largest absolute Gasteiger partial charge is 0.316 e. The van der Waals surface area contributed by atoms with Crippen LogP contribution in [0.2, 0.25) is 0 Å². The Hall–Kier alpha value is -0.0900. The van der Waals surface area contributed by atoms with E-state index < -0.39 is 9.84 Å². The Labute approximate surface area is 113 Å². The third kappa shape index (κ3) is 4.54. The van der Waals surface area contributed by atoms with Gasteiger partial charge in [0.05, 0.1) is 11.0 Å². The maximum atomic E-state index is 11.9. The molecule has 108 valence electrons. The summed E-state index contributed by atoms with van der Waals surface area (Å²) >= 11 is 0. The van der Waals surface area contributed by atoms with E-state index in [0.717, 1.165) is 31.8 Å². The zero-order valence-electron chi connectivity index (χ0n) is 12.3. The van der Waals surface area contributed by atoms with Gasteiger partial charge in [0.2, 0.25) is 0 Å². The van der Waals surface area contributed by atoms with Crippen molar-refractivity contribution in [3.63, 3.8) is 0 Å². The molecule has 0 aromatic rings. The van der Waals surface area contributed by atoms with Crippen LogP contribution >= 0.6 is 0 Å². The van der Waals surface area contributed by atoms with Crippen molar-refractivity contribution in [1.82, 2.24) is 5.32 Å². The van der Waals surface area contributed by atoms with E-state index in [0.29, 0.717) is 5.75 Å². The maximum Gasteiger partial charge on any atom is 0.152 e. The van der Waals surface area contributed by atoms with Gasteiger partial charge >= 0.3 is 0 Å². The highest BCUT2D eigenvalue weighted by molar-refractivity contribution is 7.91. The van der Waals surface area contributed by atoms with E-state index in [1.54, 1.807) is 13.8 Å². The van der Waals surface area contributed by atoms with Gasteiger partial charge < -0.3 is 5.32 Å². The first-order chi connectivity index (χ1) is 8.32. The van der Waals surface area contributed by atoms with Gasteiger partial charge in [0.15, 0.2) is 9.84 Å². The predicted molar refractivity (Wildman–Crippen MR) is 77.5 cm³/mol. The van der Waals surface area contributed by atoms with Crippen LogP contribution in [-0.4, -0.2) is 32.5 Å². The molecule has 1 aliphatic rings. The quantitative estimate of drug-likeness (QED) is 0.658. The smallest absolute Gasteiger partial charge is 0.152 e. The van der Waals surface area contributed by atoms with Crippen LogP contribution in [0.4, 0.5) is 0 Å². The highest BCUT2D eigenvalue weighted by Crippen LogP contribution is 2.47. The average molecular weight is 275 g/mol.